The minimum atomic E-state index is -6.25. The Morgan fingerprint density at radius 3 is 1.54 bits per heavy atom. The van der Waals surface area contributed by atoms with E-state index in [9.17, 15) is 31.5 Å². The van der Waals surface area contributed by atoms with Gasteiger partial charge >= 0.3 is 29.6 Å². The summed E-state index contributed by atoms with van der Waals surface area (Å²) < 4.78 is 80.8. The molecule has 0 aliphatic rings. The van der Waals surface area contributed by atoms with Crippen LogP contribution in [0.25, 0.3) is 0 Å². The molecule has 0 aromatic carbocycles. The highest BCUT2D eigenvalue weighted by Gasteiger charge is 2.80. The van der Waals surface area contributed by atoms with Gasteiger partial charge in [-0.2, -0.15) is 22.0 Å². The van der Waals surface area contributed by atoms with Gasteiger partial charge in [0.2, 0.25) is 0 Å². The Kier molecular flexibility index (Phi) is 6.24. The van der Waals surface area contributed by atoms with Gasteiger partial charge in [-0.3, -0.25) is 0 Å². The van der Waals surface area contributed by atoms with Crippen LogP contribution in [0.4, 0.5) is 22.0 Å². The van der Waals surface area contributed by atoms with E-state index < -0.39 is 43.6 Å². The average Bonchev–Trinajstić information content (AvgIpc) is 2.29. The third kappa shape index (κ3) is 4.65. The number of methoxy groups -OCH3 is 1. The van der Waals surface area contributed by atoms with Crippen molar-refractivity contribution in [1.82, 2.24) is 0 Å². The lowest BCUT2D eigenvalue weighted by atomic mass is 9.94. The number of rotatable bonds is 5. The van der Waals surface area contributed by atoms with Gasteiger partial charge in [-0.1, -0.05) is 0 Å². The van der Waals surface area contributed by atoms with E-state index in [0.717, 1.165) is 0 Å². The number of hydrogen-bond donors (Lipinski definition) is 0. The van der Waals surface area contributed by atoms with Crippen LogP contribution >= 0.6 is 0 Å². The molecule has 5 nitrogen and oxygen atoms in total. The van der Waals surface area contributed by atoms with Crippen LogP contribution < -0.4 is 0 Å². The molecule has 11 heteroatoms. The molecule has 1 atom stereocenters. The molecule has 0 rings (SSSR count). The third-order valence-corrected chi connectivity index (χ3v) is 3.34. The summed E-state index contributed by atoms with van der Waals surface area (Å²) >= 11 is 0. The Bertz CT molecular complexity index is 492. The molecule has 0 heterocycles. The molecule has 0 amide bonds. The van der Waals surface area contributed by atoms with Gasteiger partial charge in [0, 0.05) is 0 Å². The quantitative estimate of drug-likeness (QED) is 0.317. The maximum absolute atomic E-state index is 14.2. The summed E-state index contributed by atoms with van der Waals surface area (Å²) in [6.45, 7) is 7.44. The fourth-order valence-corrected chi connectivity index (χ4v) is 2.85. The highest BCUT2D eigenvalue weighted by Crippen LogP contribution is 2.48. The highest BCUT2D eigenvalue weighted by molar-refractivity contribution is 6.70. The summed E-state index contributed by atoms with van der Waals surface area (Å²) in [4.78, 5) is 24.2. The molecule has 142 valence electrons. The molecule has 0 saturated carbocycles. The Labute approximate surface area is 137 Å². The predicted octanol–water partition coefficient (Wildman–Crippen LogP) is 3.29. The van der Waals surface area contributed by atoms with E-state index in [0.29, 0.717) is 7.11 Å². The van der Waals surface area contributed by atoms with Crippen LogP contribution in [0.1, 0.15) is 20.8 Å². The van der Waals surface area contributed by atoms with Crippen LogP contribution in [0.15, 0.2) is 0 Å². The van der Waals surface area contributed by atoms with Crippen molar-refractivity contribution in [3.05, 3.63) is 0 Å². The minimum Gasteiger partial charge on any atom is -0.466 e. The van der Waals surface area contributed by atoms with E-state index in [-0.39, 0.29) is 0 Å². The molecule has 1 unspecified atom stereocenters. The number of esters is 2. The van der Waals surface area contributed by atoms with E-state index >= 15 is 0 Å². The van der Waals surface area contributed by atoms with Gasteiger partial charge in [0.25, 0.3) is 0 Å². The smallest absolute Gasteiger partial charge is 0.457 e. The van der Waals surface area contributed by atoms with Crippen molar-refractivity contribution < 1.29 is 45.4 Å². The molecule has 0 aliphatic heterocycles. The minimum absolute atomic E-state index is 0.571. The van der Waals surface area contributed by atoms with Gasteiger partial charge in [0.05, 0.1) is 7.11 Å². The largest absolute Gasteiger partial charge is 0.466 e. The number of halogens is 5. The molecule has 0 N–H and O–H groups in total. The van der Waals surface area contributed by atoms with E-state index in [1.165, 1.54) is 40.4 Å². The van der Waals surface area contributed by atoms with Crippen LogP contribution in [0, 0.1) is 0 Å². The fourth-order valence-electron chi connectivity index (χ4n) is 1.64. The first kappa shape index (κ1) is 22.8. The molecular formula is C13H21F5O5Si. The lowest BCUT2D eigenvalue weighted by molar-refractivity contribution is -0.330. The average molecular weight is 380 g/mol. The van der Waals surface area contributed by atoms with Crippen molar-refractivity contribution in [3.8, 4) is 0 Å². The predicted molar refractivity (Wildman–Crippen MR) is 76.0 cm³/mol. The molecule has 0 aromatic rings. The van der Waals surface area contributed by atoms with Gasteiger partial charge in [-0.05, 0) is 40.4 Å². The molecular weight excluding hydrogens is 359 g/mol. The van der Waals surface area contributed by atoms with Gasteiger partial charge in [-0.25, -0.2) is 9.59 Å². The van der Waals surface area contributed by atoms with Crippen LogP contribution in [0.3, 0.4) is 0 Å². The van der Waals surface area contributed by atoms with Crippen molar-refractivity contribution >= 4 is 20.3 Å². The standard InChI is InChI=1S/C13H21F5O5Si/c1-10(2,3)22-9(20)11(8(19)21-4,23-24(5,6)7)12(14,15)13(16,17)18/h1-7H3. The molecule has 0 aliphatic carbocycles. The van der Waals surface area contributed by atoms with Crippen molar-refractivity contribution in [1.29, 1.82) is 0 Å². The second-order valence-electron chi connectivity index (χ2n) is 6.96. The zero-order valence-electron chi connectivity index (χ0n) is 14.4. The molecule has 0 aromatic heterocycles. The van der Waals surface area contributed by atoms with Crippen molar-refractivity contribution in [2.75, 3.05) is 7.11 Å². The van der Waals surface area contributed by atoms with Crippen molar-refractivity contribution in [2.45, 2.75) is 63.7 Å². The maximum atomic E-state index is 14.2. The Morgan fingerprint density at radius 2 is 1.29 bits per heavy atom. The molecule has 0 bridgehead atoms. The summed E-state index contributed by atoms with van der Waals surface area (Å²) in [6.07, 6.45) is -6.25. The summed E-state index contributed by atoms with van der Waals surface area (Å²) in [7, 11) is -2.71. The lowest BCUT2D eigenvalue weighted by Gasteiger charge is -2.41. The zero-order valence-corrected chi connectivity index (χ0v) is 15.4. The van der Waals surface area contributed by atoms with Gasteiger partial charge in [0.15, 0.2) is 8.32 Å². The highest BCUT2D eigenvalue weighted by atomic mass is 28.4. The zero-order chi connectivity index (χ0) is 19.8. The molecule has 0 saturated heterocycles. The monoisotopic (exact) mass is 380 g/mol. The summed E-state index contributed by atoms with van der Waals surface area (Å²) in [5, 5.41) is 0. The first-order chi connectivity index (χ1) is 10.3. The Hall–Kier alpha value is -1.23. The lowest BCUT2D eigenvalue weighted by Crippen LogP contribution is -2.70. The number of hydrogen-bond acceptors (Lipinski definition) is 5. The number of alkyl halides is 5. The van der Waals surface area contributed by atoms with Crippen molar-refractivity contribution in [2.24, 2.45) is 0 Å². The molecule has 0 spiro atoms. The van der Waals surface area contributed by atoms with Gasteiger partial charge in [0.1, 0.15) is 5.60 Å². The van der Waals surface area contributed by atoms with Crippen LogP contribution in [-0.2, 0) is 23.5 Å². The third-order valence-electron chi connectivity index (χ3n) is 2.42. The summed E-state index contributed by atoms with van der Waals surface area (Å²) in [6, 6.07) is 0. The van der Waals surface area contributed by atoms with E-state index in [2.05, 4.69) is 9.47 Å². The maximum Gasteiger partial charge on any atom is 0.457 e. The molecule has 0 fully saturated rings. The van der Waals surface area contributed by atoms with Crippen LogP contribution in [0.5, 0.6) is 0 Å². The van der Waals surface area contributed by atoms with E-state index in [1.807, 2.05) is 0 Å². The topological polar surface area (TPSA) is 61.8 Å². The first-order valence-electron chi connectivity index (χ1n) is 6.78. The number of carbonyl (C=O) groups excluding carboxylic acids is 2. The second kappa shape index (κ2) is 6.58. The van der Waals surface area contributed by atoms with Crippen LogP contribution in [0.2, 0.25) is 19.6 Å². The number of carbonyl (C=O) groups is 2. The fraction of sp³-hybridized carbons (Fsp3) is 0.846. The van der Waals surface area contributed by atoms with E-state index in [4.69, 9.17) is 4.43 Å². The Balaban J connectivity index is 6.60. The molecule has 24 heavy (non-hydrogen) atoms. The number of ether oxygens (including phenoxy) is 2. The van der Waals surface area contributed by atoms with Gasteiger partial charge < -0.3 is 13.9 Å². The second-order valence-corrected chi connectivity index (χ2v) is 11.4. The first-order valence-corrected chi connectivity index (χ1v) is 10.2. The SMILES string of the molecule is COC(=O)C(O[Si](C)(C)C)(C(=O)OC(C)(C)C)C(F)(F)C(F)(F)F. The van der Waals surface area contributed by atoms with E-state index in [1.54, 1.807) is 0 Å². The molecule has 0 radical (unpaired) electrons. The van der Waals surface area contributed by atoms with Gasteiger partial charge in [-0.15, -0.1) is 0 Å². The summed E-state index contributed by atoms with van der Waals surface area (Å²) in [5.74, 6) is -10.2. The van der Waals surface area contributed by atoms with Crippen LogP contribution in [-0.4, -0.2) is 50.7 Å². The normalized spacial score (nSPS) is 16.3. The summed E-state index contributed by atoms with van der Waals surface area (Å²) in [5.41, 5.74) is -5.72. The van der Waals surface area contributed by atoms with Crippen molar-refractivity contribution in [3.63, 3.8) is 0 Å². The Morgan fingerprint density at radius 1 is 0.875 bits per heavy atom.